The fraction of sp³-hybridized carbons (Fsp3) is 0.381. The summed E-state index contributed by atoms with van der Waals surface area (Å²) in [7, 11) is -2.71. The van der Waals surface area contributed by atoms with Crippen LogP contribution in [0.3, 0.4) is 0 Å². The van der Waals surface area contributed by atoms with Crippen LogP contribution in [0.4, 0.5) is 0 Å². The van der Waals surface area contributed by atoms with Crippen LogP contribution in [0.25, 0.3) is 0 Å². The maximum atomic E-state index is 13.3. The van der Waals surface area contributed by atoms with Gasteiger partial charge in [-0.1, -0.05) is 118 Å². The molecule has 5 rings (SSSR count). The van der Waals surface area contributed by atoms with Crippen LogP contribution in [0.15, 0.2) is 121 Å². The van der Waals surface area contributed by atoms with Crippen LogP contribution in [-0.4, -0.2) is 58.6 Å². The van der Waals surface area contributed by atoms with Gasteiger partial charge in [0, 0.05) is 13.0 Å². The lowest BCUT2D eigenvalue weighted by Crippen LogP contribution is -2.66. The molecule has 0 aliphatic carbocycles. The van der Waals surface area contributed by atoms with E-state index in [-0.39, 0.29) is 23.3 Å². The lowest BCUT2D eigenvalue weighted by Gasteiger charge is -2.43. The van der Waals surface area contributed by atoms with Gasteiger partial charge in [-0.2, -0.15) is 0 Å². The van der Waals surface area contributed by atoms with E-state index >= 15 is 0 Å². The van der Waals surface area contributed by atoms with Crippen molar-refractivity contribution < 1.29 is 33.0 Å². The van der Waals surface area contributed by atoms with Crippen LogP contribution in [-0.2, 0) is 23.4 Å². The van der Waals surface area contributed by atoms with Crippen LogP contribution >= 0.6 is 0 Å². The molecule has 8 heteroatoms. The highest BCUT2D eigenvalue weighted by Crippen LogP contribution is 2.37. The largest absolute Gasteiger partial charge is 0.459 e. The second-order valence-electron chi connectivity index (χ2n) is 13.8. The lowest BCUT2D eigenvalue weighted by molar-refractivity contribution is -0.0571. The highest BCUT2D eigenvalue weighted by atomic mass is 28.4. The van der Waals surface area contributed by atoms with Gasteiger partial charge in [0.25, 0.3) is 8.32 Å². The Balaban J connectivity index is 1.30. The van der Waals surface area contributed by atoms with Crippen molar-refractivity contribution in [3.05, 3.63) is 132 Å². The first kappa shape index (κ1) is 37.2. The van der Waals surface area contributed by atoms with Gasteiger partial charge in [0.15, 0.2) is 6.29 Å². The number of hydrogen-bond acceptors (Lipinski definition) is 7. The molecule has 0 aromatic heterocycles. The molecule has 264 valence electrons. The second kappa shape index (κ2) is 18.2. The third kappa shape index (κ3) is 10.0. The Morgan fingerprint density at radius 2 is 1.06 bits per heavy atom. The summed E-state index contributed by atoms with van der Waals surface area (Å²) in [5, 5.41) is 2.31. The summed E-state index contributed by atoms with van der Waals surface area (Å²) in [4.78, 5) is 26.4. The summed E-state index contributed by atoms with van der Waals surface area (Å²) in [6.45, 7) is 8.43. The number of carbonyl (C=O) groups is 2. The van der Waals surface area contributed by atoms with Crippen LogP contribution < -0.4 is 10.4 Å². The molecule has 0 N–H and O–H groups in total. The van der Waals surface area contributed by atoms with Gasteiger partial charge in [-0.25, -0.2) is 9.59 Å². The van der Waals surface area contributed by atoms with Crippen molar-refractivity contribution in [3.8, 4) is 0 Å². The monoisotopic (exact) mass is 694 g/mol. The molecule has 1 aliphatic rings. The predicted molar refractivity (Wildman–Crippen MR) is 198 cm³/mol. The van der Waals surface area contributed by atoms with E-state index in [0.29, 0.717) is 69.5 Å². The minimum absolute atomic E-state index is 0.141. The number of esters is 2. The normalized spacial score (nSPS) is 14.9. The first-order chi connectivity index (χ1) is 24.3. The zero-order valence-corrected chi connectivity index (χ0v) is 30.5. The van der Waals surface area contributed by atoms with Crippen molar-refractivity contribution in [3.63, 3.8) is 0 Å². The molecular weight excluding hydrogens is 645 g/mol. The number of hydrogen-bond donors (Lipinski definition) is 0. The number of ether oxygens (including phenoxy) is 4. The molecule has 1 saturated heterocycles. The Hall–Kier alpha value is -4.08. The standard InChI is InChI=1S/C42H50O7Si/c1-42(2,3)50(37-22-12-6-13-23-37,38-24-14-7-15-25-38)47-30-16-21-35(48-40(43)33-17-8-4-9-18-33)26-27-36(28-29-39-45-31-32-46-39)49-41(44)34-19-10-5-11-20-34/h4-15,17-20,22-25,35-36,39H,16,21,26-32H2,1-3H3. The molecular formula is C42H50O7Si. The van der Waals surface area contributed by atoms with E-state index in [1.54, 1.807) is 24.3 Å². The fourth-order valence-corrected chi connectivity index (χ4v) is 11.3. The van der Waals surface area contributed by atoms with Crippen LogP contribution in [0.1, 0.15) is 80.0 Å². The molecule has 1 fully saturated rings. The van der Waals surface area contributed by atoms with Crippen LogP contribution in [0.5, 0.6) is 0 Å². The molecule has 1 aliphatic heterocycles. The van der Waals surface area contributed by atoms with E-state index < -0.39 is 20.5 Å². The Morgan fingerprint density at radius 3 is 1.50 bits per heavy atom. The van der Waals surface area contributed by atoms with Crippen molar-refractivity contribution in [2.24, 2.45) is 0 Å². The molecule has 0 radical (unpaired) electrons. The van der Waals surface area contributed by atoms with Crippen molar-refractivity contribution in [1.82, 2.24) is 0 Å². The minimum Gasteiger partial charge on any atom is -0.459 e. The molecule has 0 amide bonds. The van der Waals surface area contributed by atoms with Gasteiger partial charge in [-0.15, -0.1) is 0 Å². The highest BCUT2D eigenvalue weighted by molar-refractivity contribution is 6.99. The summed E-state index contributed by atoms with van der Waals surface area (Å²) in [5.74, 6) is -0.741. The first-order valence-electron chi connectivity index (χ1n) is 17.8. The Kier molecular flexibility index (Phi) is 13.6. The average molecular weight is 695 g/mol. The Labute approximate surface area is 298 Å². The number of carbonyl (C=O) groups excluding carboxylic acids is 2. The topological polar surface area (TPSA) is 80.3 Å². The molecule has 7 nitrogen and oxygen atoms in total. The van der Waals surface area contributed by atoms with Crippen molar-refractivity contribution in [1.29, 1.82) is 0 Å². The summed E-state index contributed by atoms with van der Waals surface area (Å²) >= 11 is 0. The zero-order valence-electron chi connectivity index (χ0n) is 29.5. The van der Waals surface area contributed by atoms with Crippen molar-refractivity contribution >= 4 is 30.6 Å². The lowest BCUT2D eigenvalue weighted by atomic mass is 10.0. The number of rotatable bonds is 17. The SMILES string of the molecule is CC(C)(C)[Si](OCCCC(CCC(CCC1OCCO1)OC(=O)c1ccccc1)OC(=O)c1ccccc1)(c1ccccc1)c1ccccc1. The summed E-state index contributed by atoms with van der Waals surface area (Å²) < 4.78 is 30.6. The molecule has 2 unspecified atom stereocenters. The maximum absolute atomic E-state index is 13.3. The smallest absolute Gasteiger partial charge is 0.338 e. The molecule has 2 atom stereocenters. The molecule has 4 aromatic rings. The van der Waals surface area contributed by atoms with Crippen LogP contribution in [0, 0.1) is 0 Å². The van der Waals surface area contributed by atoms with E-state index in [0.717, 1.165) is 0 Å². The van der Waals surface area contributed by atoms with Gasteiger partial charge in [0.05, 0.1) is 24.3 Å². The summed E-state index contributed by atoms with van der Waals surface area (Å²) in [6, 6.07) is 39.2. The third-order valence-electron chi connectivity index (χ3n) is 9.20. The van der Waals surface area contributed by atoms with E-state index in [4.69, 9.17) is 23.4 Å². The van der Waals surface area contributed by atoms with E-state index in [1.807, 2.05) is 48.5 Å². The average Bonchev–Trinajstić information content (AvgIpc) is 3.67. The summed E-state index contributed by atoms with van der Waals surface area (Å²) in [5.41, 5.74) is 1.00. The molecule has 0 saturated carbocycles. The van der Waals surface area contributed by atoms with E-state index in [9.17, 15) is 9.59 Å². The predicted octanol–water partition coefficient (Wildman–Crippen LogP) is 7.73. The fourth-order valence-electron chi connectivity index (χ4n) is 6.68. The highest BCUT2D eigenvalue weighted by Gasteiger charge is 2.50. The Morgan fingerprint density at radius 1 is 0.640 bits per heavy atom. The van der Waals surface area contributed by atoms with Gasteiger partial charge < -0.3 is 23.4 Å². The molecule has 0 bridgehead atoms. The van der Waals surface area contributed by atoms with Crippen molar-refractivity contribution in [2.45, 2.75) is 82.8 Å². The number of benzene rings is 4. The second-order valence-corrected chi connectivity index (χ2v) is 18.1. The quantitative estimate of drug-likeness (QED) is 0.0636. The van der Waals surface area contributed by atoms with Gasteiger partial charge in [-0.3, -0.25) is 0 Å². The molecule has 1 heterocycles. The molecule has 4 aromatic carbocycles. The van der Waals surface area contributed by atoms with Crippen molar-refractivity contribution in [2.75, 3.05) is 19.8 Å². The maximum Gasteiger partial charge on any atom is 0.338 e. The van der Waals surface area contributed by atoms with Gasteiger partial charge in [0.1, 0.15) is 12.2 Å². The van der Waals surface area contributed by atoms with Gasteiger partial charge in [-0.05, 0) is 71.8 Å². The van der Waals surface area contributed by atoms with Crippen LogP contribution in [0.2, 0.25) is 5.04 Å². The van der Waals surface area contributed by atoms with E-state index in [1.165, 1.54) is 10.4 Å². The molecule has 50 heavy (non-hydrogen) atoms. The van der Waals surface area contributed by atoms with Gasteiger partial charge in [0.2, 0.25) is 0 Å². The van der Waals surface area contributed by atoms with E-state index in [2.05, 4.69) is 69.3 Å². The summed E-state index contributed by atoms with van der Waals surface area (Å²) in [6.07, 6.45) is 2.40. The Bertz CT molecular complexity index is 1550. The minimum atomic E-state index is -2.71. The van der Waals surface area contributed by atoms with Gasteiger partial charge >= 0.3 is 11.9 Å². The first-order valence-corrected chi connectivity index (χ1v) is 19.7. The third-order valence-corrected chi connectivity index (χ3v) is 14.2. The zero-order chi connectivity index (χ0) is 35.2. The molecule has 0 spiro atoms.